The van der Waals surface area contributed by atoms with E-state index in [9.17, 15) is 4.79 Å². The third-order valence-corrected chi connectivity index (χ3v) is 5.81. The Bertz CT molecular complexity index is 1050. The lowest BCUT2D eigenvalue weighted by molar-refractivity contribution is -0.124. The number of ether oxygens (including phenoxy) is 1. The largest absolute Gasteiger partial charge is 0.481 e. The van der Waals surface area contributed by atoms with E-state index in [2.05, 4.69) is 20.9 Å². The van der Waals surface area contributed by atoms with Gasteiger partial charge in [0.25, 0.3) is 5.91 Å². The Morgan fingerprint density at radius 3 is 2.39 bits per heavy atom. The topological polar surface area (TPSA) is 47.4 Å². The number of anilines is 2. The predicted molar refractivity (Wildman–Crippen MR) is 114 cm³/mol. The summed E-state index contributed by atoms with van der Waals surface area (Å²) in [5.74, 6) is 0.855. The Hall–Kier alpha value is -2.02. The highest BCUT2D eigenvalue weighted by atomic mass is 79.9. The van der Waals surface area contributed by atoms with E-state index < -0.39 is 5.54 Å². The maximum Gasteiger partial charge on any atom is 0.260 e. The van der Waals surface area contributed by atoms with Gasteiger partial charge >= 0.3 is 0 Å². The molecule has 0 saturated carbocycles. The lowest BCUT2D eigenvalue weighted by atomic mass is 9.92. The highest BCUT2D eigenvalue weighted by Gasteiger charge is 2.50. The van der Waals surface area contributed by atoms with Crippen LogP contribution in [0.1, 0.15) is 12.5 Å². The van der Waals surface area contributed by atoms with Crippen molar-refractivity contribution >= 4 is 56.7 Å². The number of hydrogen-bond donors (Lipinski definition) is 0. The normalized spacial score (nSPS) is 18.5. The molecule has 1 atom stereocenters. The fraction of sp³-hybridized carbons (Fsp3) is 0.200. The lowest BCUT2D eigenvalue weighted by Gasteiger charge is -2.26. The van der Waals surface area contributed by atoms with Crippen LogP contribution in [0.4, 0.5) is 11.6 Å². The molecule has 2 aromatic carbocycles. The molecule has 0 radical (unpaired) electrons. The summed E-state index contributed by atoms with van der Waals surface area (Å²) in [7, 11) is 1.56. The predicted octanol–water partition coefficient (Wildman–Crippen LogP) is 5.60. The van der Waals surface area contributed by atoms with E-state index in [0.29, 0.717) is 34.0 Å². The first kappa shape index (κ1) is 19.3. The molecule has 0 fully saturated rings. The van der Waals surface area contributed by atoms with Crippen LogP contribution in [0.5, 0.6) is 5.88 Å². The van der Waals surface area contributed by atoms with Crippen molar-refractivity contribution in [2.24, 2.45) is 0 Å². The molecule has 8 heteroatoms. The number of imidazole rings is 1. The van der Waals surface area contributed by atoms with E-state index in [1.807, 2.05) is 35.8 Å². The number of halogens is 3. The monoisotopic (exact) mass is 479 g/mol. The fourth-order valence-corrected chi connectivity index (χ4v) is 4.35. The van der Waals surface area contributed by atoms with E-state index in [1.54, 1.807) is 36.4 Å². The summed E-state index contributed by atoms with van der Waals surface area (Å²) in [6.07, 6.45) is 2.09. The fourth-order valence-electron chi connectivity index (χ4n) is 3.58. The molecule has 1 aliphatic heterocycles. The average molecular weight is 481 g/mol. The van der Waals surface area contributed by atoms with E-state index in [4.69, 9.17) is 27.9 Å². The van der Waals surface area contributed by atoms with E-state index in [0.717, 1.165) is 10.0 Å². The molecule has 0 aliphatic carbocycles. The Morgan fingerprint density at radius 1 is 1.14 bits per heavy atom. The van der Waals surface area contributed by atoms with Crippen LogP contribution < -0.4 is 9.64 Å². The number of nitrogens with zero attached hydrogens (tertiary/aromatic N) is 3. The van der Waals surface area contributed by atoms with Crippen molar-refractivity contribution in [3.05, 3.63) is 68.7 Å². The van der Waals surface area contributed by atoms with Gasteiger partial charge in [-0.05, 0) is 42.8 Å². The Kier molecular flexibility index (Phi) is 4.89. The Labute approximate surface area is 181 Å². The number of aromatic nitrogens is 2. The highest BCUT2D eigenvalue weighted by Crippen LogP contribution is 2.45. The molecular weight excluding hydrogens is 465 g/mol. The number of methoxy groups -OCH3 is 1. The third-order valence-electron chi connectivity index (χ3n) is 4.84. The van der Waals surface area contributed by atoms with Gasteiger partial charge in [-0.1, -0.05) is 51.3 Å². The van der Waals surface area contributed by atoms with Crippen LogP contribution in [-0.4, -0.2) is 22.6 Å². The summed E-state index contributed by atoms with van der Waals surface area (Å²) in [4.78, 5) is 19.6. The summed E-state index contributed by atoms with van der Waals surface area (Å²) in [5, 5.41) is 0.892. The molecule has 1 aliphatic rings. The molecular formula is C20H16BrCl2N3O2. The van der Waals surface area contributed by atoms with Crippen LogP contribution >= 0.6 is 39.1 Å². The molecule has 1 amide bonds. The molecule has 1 unspecified atom stereocenters. The van der Waals surface area contributed by atoms with E-state index in [-0.39, 0.29) is 5.91 Å². The van der Waals surface area contributed by atoms with Crippen molar-refractivity contribution in [3.63, 3.8) is 0 Å². The molecule has 0 spiro atoms. The summed E-state index contributed by atoms with van der Waals surface area (Å²) in [6.45, 7) is 1.89. The number of carbonyl (C=O) groups excluding carboxylic acids is 1. The molecule has 5 nitrogen and oxygen atoms in total. The SMILES string of the molecule is COc1cnc2n1C(C)(Cc1ccc(Br)cc1)C(=O)N2c1cc(Cl)cc(Cl)c1. The van der Waals surface area contributed by atoms with Gasteiger partial charge in [-0.2, -0.15) is 0 Å². The minimum absolute atomic E-state index is 0.129. The summed E-state index contributed by atoms with van der Waals surface area (Å²) in [5.41, 5.74) is 0.669. The smallest absolute Gasteiger partial charge is 0.260 e. The molecule has 0 saturated heterocycles. The minimum atomic E-state index is -0.917. The van der Waals surface area contributed by atoms with E-state index >= 15 is 0 Å². The zero-order valence-electron chi connectivity index (χ0n) is 15.1. The molecule has 0 bridgehead atoms. The Balaban J connectivity index is 1.85. The van der Waals surface area contributed by atoms with Gasteiger partial charge in [0.2, 0.25) is 11.8 Å². The number of fused-ring (bicyclic) bond motifs is 1. The van der Waals surface area contributed by atoms with Gasteiger partial charge in [-0.15, -0.1) is 0 Å². The van der Waals surface area contributed by atoms with Gasteiger partial charge in [-0.25, -0.2) is 9.88 Å². The van der Waals surface area contributed by atoms with Crippen LogP contribution in [0.2, 0.25) is 10.0 Å². The van der Waals surface area contributed by atoms with Crippen LogP contribution in [0.15, 0.2) is 53.1 Å². The first-order valence-corrected chi connectivity index (χ1v) is 10.1. The summed E-state index contributed by atoms with van der Waals surface area (Å²) >= 11 is 15.8. The molecule has 3 aromatic rings. The number of rotatable bonds is 4. The molecule has 144 valence electrons. The molecule has 4 rings (SSSR count). The van der Waals surface area contributed by atoms with Crippen LogP contribution in [0.3, 0.4) is 0 Å². The molecule has 0 N–H and O–H groups in total. The first-order chi connectivity index (χ1) is 13.3. The van der Waals surface area contributed by atoms with Gasteiger partial charge in [0, 0.05) is 20.9 Å². The molecule has 28 heavy (non-hydrogen) atoms. The van der Waals surface area contributed by atoms with Gasteiger partial charge in [0.15, 0.2) is 0 Å². The zero-order valence-corrected chi connectivity index (χ0v) is 18.2. The first-order valence-electron chi connectivity index (χ1n) is 8.51. The number of hydrogen-bond acceptors (Lipinski definition) is 3. The summed E-state index contributed by atoms with van der Waals surface area (Å²) in [6, 6.07) is 12.9. The second-order valence-corrected chi connectivity index (χ2v) is 8.57. The Morgan fingerprint density at radius 2 is 1.79 bits per heavy atom. The molecule has 1 aromatic heterocycles. The van der Waals surface area contributed by atoms with Crippen molar-refractivity contribution in [3.8, 4) is 5.88 Å². The maximum absolute atomic E-state index is 13.6. The second-order valence-electron chi connectivity index (χ2n) is 6.78. The number of benzene rings is 2. The molecule has 2 heterocycles. The summed E-state index contributed by atoms with van der Waals surface area (Å²) < 4.78 is 8.30. The number of carbonyl (C=O) groups is 1. The van der Waals surface area contributed by atoms with Crippen LogP contribution in [0.25, 0.3) is 0 Å². The van der Waals surface area contributed by atoms with Gasteiger partial charge in [-0.3, -0.25) is 9.36 Å². The maximum atomic E-state index is 13.6. The standard InChI is InChI=1S/C20H16BrCl2N3O2/c1-20(10-12-3-5-13(21)6-4-12)18(27)25(16-8-14(22)7-15(23)9-16)19-24-11-17(28-2)26(19)20/h3-9,11H,10H2,1-2H3. The quantitative estimate of drug-likeness (QED) is 0.488. The van der Waals surface area contributed by atoms with Crippen molar-refractivity contribution in [1.82, 2.24) is 9.55 Å². The lowest BCUT2D eigenvalue weighted by Crippen LogP contribution is -2.41. The van der Waals surface area contributed by atoms with Crippen LogP contribution in [-0.2, 0) is 16.8 Å². The van der Waals surface area contributed by atoms with Gasteiger partial charge in [0.05, 0.1) is 19.0 Å². The second kappa shape index (κ2) is 7.10. The highest BCUT2D eigenvalue weighted by molar-refractivity contribution is 9.10. The minimum Gasteiger partial charge on any atom is -0.481 e. The average Bonchev–Trinajstić information content (AvgIpc) is 3.15. The van der Waals surface area contributed by atoms with Gasteiger partial charge < -0.3 is 4.74 Å². The third kappa shape index (κ3) is 3.09. The zero-order chi connectivity index (χ0) is 20.1. The van der Waals surface area contributed by atoms with Crippen molar-refractivity contribution in [1.29, 1.82) is 0 Å². The van der Waals surface area contributed by atoms with Crippen molar-refractivity contribution < 1.29 is 9.53 Å². The van der Waals surface area contributed by atoms with Crippen molar-refractivity contribution in [2.45, 2.75) is 18.9 Å². The van der Waals surface area contributed by atoms with Gasteiger partial charge in [0.1, 0.15) is 5.54 Å². The van der Waals surface area contributed by atoms with Crippen molar-refractivity contribution in [2.75, 3.05) is 12.0 Å². The van der Waals surface area contributed by atoms with Crippen LogP contribution in [0, 0.1) is 0 Å². The van der Waals surface area contributed by atoms with E-state index in [1.165, 1.54) is 0 Å². The number of amides is 1.